The molecule has 228 valence electrons. The molecule has 0 unspecified atom stereocenters. The second kappa shape index (κ2) is 29.3. The van der Waals surface area contributed by atoms with Gasteiger partial charge < -0.3 is 20.3 Å². The van der Waals surface area contributed by atoms with E-state index in [2.05, 4.69) is 13.8 Å². The Hall–Kier alpha value is -0.650. The fraction of sp³-hybridized carbons (Fsp3) is 0.970. The molecule has 0 bridgehead atoms. The van der Waals surface area contributed by atoms with Gasteiger partial charge >= 0.3 is 5.97 Å². The van der Waals surface area contributed by atoms with Crippen molar-refractivity contribution in [1.29, 1.82) is 0 Å². The third-order valence-corrected chi connectivity index (χ3v) is 7.89. The Balaban J connectivity index is 3.68. The van der Waals surface area contributed by atoms with Crippen LogP contribution in [0.5, 0.6) is 0 Å². The topological polar surface area (TPSA) is 81.8 Å². The van der Waals surface area contributed by atoms with Crippen LogP contribution in [-0.2, 0) is 14.3 Å². The van der Waals surface area contributed by atoms with Gasteiger partial charge in [-0.1, -0.05) is 155 Å². The van der Waals surface area contributed by atoms with E-state index in [0.717, 1.165) is 25.7 Å². The first-order valence-electron chi connectivity index (χ1n) is 16.7. The maximum Gasteiger partial charge on any atom is 0.315 e. The number of rotatable bonds is 32. The number of ether oxygens (including phenoxy) is 2. The van der Waals surface area contributed by atoms with Crippen LogP contribution in [0.15, 0.2) is 0 Å². The van der Waals surface area contributed by atoms with Gasteiger partial charge in [0.2, 0.25) is 0 Å². The fourth-order valence-corrected chi connectivity index (χ4v) is 5.00. The number of nitrogens with two attached hydrogens (primary N) is 1. The van der Waals surface area contributed by atoms with Crippen molar-refractivity contribution in [3.63, 3.8) is 0 Å². The van der Waals surface area contributed by atoms with Crippen LogP contribution in [0.25, 0.3) is 0 Å². The lowest BCUT2D eigenvalue weighted by Gasteiger charge is -2.27. The Morgan fingerprint density at radius 2 is 0.789 bits per heavy atom. The van der Waals surface area contributed by atoms with E-state index in [1.165, 1.54) is 128 Å². The van der Waals surface area contributed by atoms with Crippen LogP contribution in [0.3, 0.4) is 0 Å². The van der Waals surface area contributed by atoms with Crippen molar-refractivity contribution in [3.8, 4) is 0 Å². The average Bonchev–Trinajstić information content (AvgIpc) is 2.92. The first-order chi connectivity index (χ1) is 18.6. The molecule has 0 spiro atoms. The summed E-state index contributed by atoms with van der Waals surface area (Å²) in [6.45, 7) is 6.05. The smallest absolute Gasteiger partial charge is 0.315 e. The number of carbonyl (C=O) groups is 1. The number of aliphatic carboxylic acids is 1. The molecule has 5 heteroatoms. The molecular weight excluding hydrogens is 474 g/mol. The molecule has 0 saturated heterocycles. The number of unbranched alkanes of at least 4 members (excludes halogenated alkanes) is 22. The third kappa shape index (κ3) is 23.3. The molecule has 0 amide bonds. The molecule has 0 aliphatic rings. The molecule has 0 aliphatic heterocycles. The molecule has 3 N–H and O–H groups in total. The largest absolute Gasteiger partial charge is 0.481 e. The molecule has 0 aliphatic carbocycles. The van der Waals surface area contributed by atoms with Gasteiger partial charge in [0.05, 0.1) is 13.2 Å². The van der Waals surface area contributed by atoms with Crippen LogP contribution in [-0.4, -0.2) is 44.0 Å². The van der Waals surface area contributed by atoms with Crippen LogP contribution < -0.4 is 5.73 Å². The molecule has 0 radical (unpaired) electrons. The maximum atomic E-state index is 11.9. The van der Waals surface area contributed by atoms with E-state index < -0.39 is 11.4 Å². The molecule has 0 fully saturated rings. The molecule has 0 aromatic heterocycles. The van der Waals surface area contributed by atoms with E-state index >= 15 is 0 Å². The Labute approximate surface area is 237 Å². The Morgan fingerprint density at radius 3 is 1.03 bits per heavy atom. The predicted molar refractivity (Wildman–Crippen MR) is 163 cm³/mol. The minimum atomic E-state index is -1.13. The zero-order valence-electron chi connectivity index (χ0n) is 25.8. The number of carboxylic acids is 1. The van der Waals surface area contributed by atoms with Gasteiger partial charge in [0.25, 0.3) is 0 Å². The number of hydrogen-bond acceptors (Lipinski definition) is 4. The third-order valence-electron chi connectivity index (χ3n) is 7.89. The van der Waals surface area contributed by atoms with Crippen LogP contribution in [0.2, 0.25) is 0 Å². The average molecular weight is 542 g/mol. The minimum absolute atomic E-state index is 0.0409. The Bertz CT molecular complexity index is 454. The van der Waals surface area contributed by atoms with Gasteiger partial charge in [-0.15, -0.1) is 0 Å². The first kappa shape index (κ1) is 37.4. The second-order valence-corrected chi connectivity index (χ2v) is 11.7. The normalized spacial score (nSPS) is 11.9. The standard InChI is InChI=1S/C33H67NO4/c1-3-5-7-9-11-13-15-17-19-21-23-25-27-37-30-33(29-34,32(35)36)31-38-28-26-24-22-20-18-16-14-12-10-8-6-4-2/h3-31,34H2,1-2H3,(H,35,36). The summed E-state index contributed by atoms with van der Waals surface area (Å²) in [4.78, 5) is 11.9. The fourth-order valence-electron chi connectivity index (χ4n) is 5.00. The van der Waals surface area contributed by atoms with Crippen molar-refractivity contribution in [2.24, 2.45) is 11.1 Å². The van der Waals surface area contributed by atoms with Crippen molar-refractivity contribution in [1.82, 2.24) is 0 Å². The van der Waals surface area contributed by atoms with Crippen LogP contribution >= 0.6 is 0 Å². The predicted octanol–water partition coefficient (Wildman–Crippen LogP) is 9.45. The quantitative estimate of drug-likeness (QED) is 0.0829. The summed E-state index contributed by atoms with van der Waals surface area (Å²) in [6, 6.07) is 0. The highest BCUT2D eigenvalue weighted by atomic mass is 16.5. The molecule has 0 atom stereocenters. The number of hydrogen-bond donors (Lipinski definition) is 2. The van der Waals surface area contributed by atoms with Crippen molar-refractivity contribution in [3.05, 3.63) is 0 Å². The lowest BCUT2D eigenvalue weighted by atomic mass is 9.90. The molecule has 38 heavy (non-hydrogen) atoms. The van der Waals surface area contributed by atoms with Gasteiger partial charge in [-0.3, -0.25) is 4.79 Å². The summed E-state index contributed by atoms with van der Waals surface area (Å²) in [5.74, 6) is -0.913. The highest BCUT2D eigenvalue weighted by molar-refractivity contribution is 5.75. The molecular formula is C33H67NO4. The monoisotopic (exact) mass is 542 g/mol. The zero-order chi connectivity index (χ0) is 28.0. The molecule has 0 heterocycles. The van der Waals surface area contributed by atoms with Crippen LogP contribution in [0.4, 0.5) is 0 Å². The minimum Gasteiger partial charge on any atom is -0.481 e. The molecule has 0 aromatic carbocycles. The summed E-state index contributed by atoms with van der Waals surface area (Å²) < 4.78 is 11.5. The van der Waals surface area contributed by atoms with E-state index in [1.54, 1.807) is 0 Å². The van der Waals surface area contributed by atoms with Gasteiger partial charge in [-0.05, 0) is 12.8 Å². The molecule has 5 nitrogen and oxygen atoms in total. The van der Waals surface area contributed by atoms with Gasteiger partial charge in [-0.25, -0.2) is 0 Å². The SMILES string of the molecule is CCCCCCCCCCCCCCOCC(CN)(COCCCCCCCCCCCCCC)C(=O)O. The zero-order valence-corrected chi connectivity index (χ0v) is 25.8. The lowest BCUT2D eigenvalue weighted by Crippen LogP contribution is -2.46. The Morgan fingerprint density at radius 1 is 0.526 bits per heavy atom. The first-order valence-corrected chi connectivity index (χ1v) is 16.7. The van der Waals surface area contributed by atoms with Crippen molar-refractivity contribution >= 4 is 5.97 Å². The van der Waals surface area contributed by atoms with E-state index in [-0.39, 0.29) is 19.8 Å². The van der Waals surface area contributed by atoms with Crippen LogP contribution in [0.1, 0.15) is 168 Å². The number of carboxylic acid groups (broad SMARTS) is 1. The van der Waals surface area contributed by atoms with Gasteiger partial charge in [-0.2, -0.15) is 0 Å². The van der Waals surface area contributed by atoms with Crippen molar-refractivity contribution in [2.75, 3.05) is 33.0 Å². The summed E-state index contributed by atoms with van der Waals surface area (Å²) in [5.41, 5.74) is 4.75. The van der Waals surface area contributed by atoms with Crippen molar-refractivity contribution in [2.45, 2.75) is 168 Å². The second-order valence-electron chi connectivity index (χ2n) is 11.7. The van der Waals surface area contributed by atoms with Crippen molar-refractivity contribution < 1.29 is 19.4 Å². The molecule has 0 rings (SSSR count). The highest BCUT2D eigenvalue weighted by Crippen LogP contribution is 2.19. The lowest BCUT2D eigenvalue weighted by molar-refractivity contribution is -0.157. The Kier molecular flexibility index (Phi) is 28.8. The van der Waals surface area contributed by atoms with Crippen LogP contribution in [0, 0.1) is 5.41 Å². The van der Waals surface area contributed by atoms with E-state index in [0.29, 0.717) is 13.2 Å². The van der Waals surface area contributed by atoms with E-state index in [9.17, 15) is 9.90 Å². The van der Waals surface area contributed by atoms with Gasteiger partial charge in [0.1, 0.15) is 5.41 Å². The molecule has 0 aromatic rings. The summed E-state index contributed by atoms with van der Waals surface area (Å²) in [7, 11) is 0. The molecule has 0 saturated carbocycles. The van der Waals surface area contributed by atoms with E-state index in [1.807, 2.05) is 0 Å². The highest BCUT2D eigenvalue weighted by Gasteiger charge is 2.38. The summed E-state index contributed by atoms with van der Waals surface area (Å²) in [6.07, 6.45) is 31.3. The van der Waals surface area contributed by atoms with E-state index in [4.69, 9.17) is 15.2 Å². The maximum absolute atomic E-state index is 11.9. The van der Waals surface area contributed by atoms with Gasteiger partial charge in [0.15, 0.2) is 0 Å². The summed E-state index contributed by atoms with van der Waals surface area (Å²) >= 11 is 0. The summed E-state index contributed by atoms with van der Waals surface area (Å²) in [5, 5.41) is 9.79. The van der Waals surface area contributed by atoms with Gasteiger partial charge in [0, 0.05) is 19.8 Å².